The fourth-order valence-corrected chi connectivity index (χ4v) is 6.41. The summed E-state index contributed by atoms with van der Waals surface area (Å²) in [6.07, 6.45) is 7.67. The van der Waals surface area contributed by atoms with Gasteiger partial charge >= 0.3 is 0 Å². The normalized spacial score (nSPS) is 17.3. The van der Waals surface area contributed by atoms with Crippen molar-refractivity contribution in [2.24, 2.45) is 0 Å². The van der Waals surface area contributed by atoms with Gasteiger partial charge in [-0.15, -0.1) is 0 Å². The molecule has 0 aromatic heterocycles. The van der Waals surface area contributed by atoms with Crippen LogP contribution in [0.5, 0.6) is 11.5 Å². The Labute approximate surface area is 228 Å². The maximum Gasteiger partial charge on any atom is 0.120 e. The Morgan fingerprint density at radius 1 is 0.622 bits per heavy atom. The Bertz CT molecular complexity index is 1330. The van der Waals surface area contributed by atoms with Gasteiger partial charge < -0.3 is 9.47 Å². The molecule has 5 heteroatoms. The average molecular weight is 530 g/mol. The van der Waals surface area contributed by atoms with Crippen molar-refractivity contribution in [1.29, 1.82) is 0 Å². The molecule has 0 N–H and O–H groups in total. The number of piperidine rings is 1. The zero-order valence-electron chi connectivity index (χ0n) is 20.9. The Balaban J connectivity index is 1.00. The first kappa shape index (κ1) is 24.7. The van der Waals surface area contributed by atoms with Crippen molar-refractivity contribution in [2.45, 2.75) is 55.6 Å². The van der Waals surface area contributed by atoms with Crippen molar-refractivity contribution in [3.05, 3.63) is 90.0 Å². The molecule has 4 aromatic rings. The van der Waals surface area contributed by atoms with Crippen molar-refractivity contribution in [1.82, 2.24) is 4.31 Å². The molecular weight excluding hydrogens is 498 g/mol. The molecule has 1 aliphatic carbocycles. The van der Waals surface area contributed by atoms with Crippen LogP contribution in [0.15, 0.2) is 89.8 Å². The second-order valence-corrected chi connectivity index (χ2v) is 11.7. The first-order chi connectivity index (χ1) is 18.2. The van der Waals surface area contributed by atoms with Gasteiger partial charge in [-0.25, -0.2) is 4.31 Å². The van der Waals surface area contributed by atoms with Gasteiger partial charge in [0.05, 0.1) is 6.10 Å². The molecule has 4 aromatic carbocycles. The summed E-state index contributed by atoms with van der Waals surface area (Å²) in [6.45, 7) is 2.04. The van der Waals surface area contributed by atoms with Crippen molar-refractivity contribution in [2.75, 3.05) is 13.1 Å². The molecule has 1 saturated heterocycles. The van der Waals surface area contributed by atoms with Crippen molar-refractivity contribution in [3.63, 3.8) is 0 Å². The van der Waals surface area contributed by atoms with E-state index in [1.54, 1.807) is 0 Å². The number of hydrogen-bond donors (Lipinski definition) is 0. The standard InChI is InChI=1S/C32H32ClNO2S/c33-27-11-5-23(6-12-27)24-7-13-29(14-8-24)35-30-17-19-34(20-18-30)37-32-16-10-25-21-31(15-9-26(25)22-32)36-28-3-1-2-4-28/h5-16,21-22,28,30H,1-4,17-20H2. The fourth-order valence-electron chi connectivity index (χ4n) is 5.28. The predicted octanol–water partition coefficient (Wildman–Crippen LogP) is 9.03. The van der Waals surface area contributed by atoms with E-state index in [0.29, 0.717) is 6.10 Å². The molecule has 0 unspecified atom stereocenters. The Morgan fingerprint density at radius 3 is 1.92 bits per heavy atom. The summed E-state index contributed by atoms with van der Waals surface area (Å²) in [4.78, 5) is 1.29. The number of ether oxygens (including phenoxy) is 2. The van der Waals surface area contributed by atoms with Gasteiger partial charge in [0.2, 0.25) is 0 Å². The predicted molar refractivity (Wildman–Crippen MR) is 155 cm³/mol. The smallest absolute Gasteiger partial charge is 0.120 e. The summed E-state index contributed by atoms with van der Waals surface area (Å²) in [7, 11) is 0. The number of fused-ring (bicyclic) bond motifs is 1. The van der Waals surface area contributed by atoms with Gasteiger partial charge in [0.25, 0.3) is 0 Å². The lowest BCUT2D eigenvalue weighted by Gasteiger charge is -2.31. The van der Waals surface area contributed by atoms with Crippen LogP contribution in [0.25, 0.3) is 21.9 Å². The first-order valence-corrected chi connectivity index (χ1v) is 14.5. The molecule has 0 spiro atoms. The largest absolute Gasteiger partial charge is 0.490 e. The molecule has 2 aliphatic rings. The molecule has 6 rings (SSSR count). The molecular formula is C32H32ClNO2S. The molecule has 1 saturated carbocycles. The molecule has 0 amide bonds. The van der Waals surface area contributed by atoms with E-state index in [4.69, 9.17) is 21.1 Å². The average Bonchev–Trinajstić information content (AvgIpc) is 3.44. The highest BCUT2D eigenvalue weighted by Crippen LogP contribution is 2.32. The van der Waals surface area contributed by atoms with Crippen molar-refractivity contribution >= 4 is 34.3 Å². The fraction of sp³-hybridized carbons (Fsp3) is 0.312. The summed E-state index contributed by atoms with van der Waals surface area (Å²) in [5.41, 5.74) is 2.33. The Kier molecular flexibility index (Phi) is 7.59. The topological polar surface area (TPSA) is 21.7 Å². The number of halogens is 1. The minimum atomic E-state index is 0.258. The molecule has 1 aliphatic heterocycles. The number of hydrogen-bond acceptors (Lipinski definition) is 4. The van der Waals surface area contributed by atoms with Crippen LogP contribution in [-0.4, -0.2) is 29.6 Å². The third-order valence-electron chi connectivity index (χ3n) is 7.36. The van der Waals surface area contributed by atoms with Crippen LogP contribution in [0.2, 0.25) is 5.02 Å². The van der Waals surface area contributed by atoms with E-state index < -0.39 is 0 Å². The van der Waals surface area contributed by atoms with Gasteiger partial charge in [0.1, 0.15) is 17.6 Å². The van der Waals surface area contributed by atoms with Crippen LogP contribution < -0.4 is 9.47 Å². The first-order valence-electron chi connectivity index (χ1n) is 13.3. The quantitative estimate of drug-likeness (QED) is 0.222. The molecule has 3 nitrogen and oxygen atoms in total. The maximum atomic E-state index is 6.31. The van der Waals surface area contributed by atoms with Gasteiger partial charge in [0, 0.05) is 23.0 Å². The van der Waals surface area contributed by atoms with Gasteiger partial charge in [-0.3, -0.25) is 0 Å². The van der Waals surface area contributed by atoms with E-state index in [9.17, 15) is 0 Å². The minimum Gasteiger partial charge on any atom is -0.490 e. The van der Waals surface area contributed by atoms with E-state index in [-0.39, 0.29) is 6.10 Å². The highest BCUT2D eigenvalue weighted by molar-refractivity contribution is 7.97. The summed E-state index contributed by atoms with van der Waals surface area (Å²) < 4.78 is 15.0. The number of nitrogens with zero attached hydrogens (tertiary/aromatic N) is 1. The third-order valence-corrected chi connectivity index (χ3v) is 8.70. The van der Waals surface area contributed by atoms with E-state index in [1.165, 1.54) is 46.9 Å². The Morgan fingerprint density at radius 2 is 1.19 bits per heavy atom. The van der Waals surface area contributed by atoms with Crippen LogP contribution in [0.1, 0.15) is 38.5 Å². The lowest BCUT2D eigenvalue weighted by atomic mass is 10.1. The van der Waals surface area contributed by atoms with Gasteiger partial charge in [-0.1, -0.05) is 48.0 Å². The molecule has 2 fully saturated rings. The van der Waals surface area contributed by atoms with Crippen LogP contribution in [0.3, 0.4) is 0 Å². The van der Waals surface area contributed by atoms with E-state index in [0.717, 1.165) is 48.0 Å². The second kappa shape index (κ2) is 11.4. The van der Waals surface area contributed by atoms with Crippen LogP contribution in [-0.2, 0) is 0 Å². The molecule has 1 heterocycles. The van der Waals surface area contributed by atoms with Crippen molar-refractivity contribution in [3.8, 4) is 22.6 Å². The number of benzene rings is 4. The maximum absolute atomic E-state index is 6.31. The molecule has 190 valence electrons. The van der Waals surface area contributed by atoms with E-state index in [2.05, 4.69) is 65.0 Å². The zero-order chi connectivity index (χ0) is 25.0. The lowest BCUT2D eigenvalue weighted by molar-refractivity contribution is 0.139. The summed E-state index contributed by atoms with van der Waals surface area (Å²) >= 11 is 7.87. The Hall–Kier alpha value is -2.66. The molecule has 0 bridgehead atoms. The second-order valence-electron chi connectivity index (χ2n) is 10.1. The van der Waals surface area contributed by atoms with E-state index in [1.807, 2.05) is 36.2 Å². The van der Waals surface area contributed by atoms with Crippen LogP contribution in [0, 0.1) is 0 Å². The highest BCUT2D eigenvalue weighted by atomic mass is 35.5. The third kappa shape index (κ3) is 6.26. The zero-order valence-corrected chi connectivity index (χ0v) is 22.5. The highest BCUT2D eigenvalue weighted by Gasteiger charge is 2.22. The van der Waals surface area contributed by atoms with Crippen LogP contribution >= 0.6 is 23.5 Å². The van der Waals surface area contributed by atoms with Gasteiger partial charge in [-0.2, -0.15) is 0 Å². The summed E-state index contributed by atoms with van der Waals surface area (Å²) in [6, 6.07) is 29.6. The molecule has 0 radical (unpaired) electrons. The van der Waals surface area contributed by atoms with E-state index >= 15 is 0 Å². The van der Waals surface area contributed by atoms with Gasteiger partial charge in [0.15, 0.2) is 0 Å². The molecule has 37 heavy (non-hydrogen) atoms. The summed E-state index contributed by atoms with van der Waals surface area (Å²) in [5, 5.41) is 3.27. The van der Waals surface area contributed by atoms with Crippen LogP contribution in [0.4, 0.5) is 0 Å². The lowest BCUT2D eigenvalue weighted by Crippen LogP contribution is -2.34. The SMILES string of the molecule is Clc1ccc(-c2ccc(OC3CCN(Sc4ccc5cc(OC6CCCC6)ccc5c4)CC3)cc2)cc1. The minimum absolute atomic E-state index is 0.258. The monoisotopic (exact) mass is 529 g/mol. The van der Waals surface area contributed by atoms with Crippen molar-refractivity contribution < 1.29 is 9.47 Å². The number of rotatable bonds is 7. The molecule has 0 atom stereocenters. The summed E-state index contributed by atoms with van der Waals surface area (Å²) in [5.74, 6) is 1.94. The van der Waals surface area contributed by atoms with Gasteiger partial charge in [-0.05, 0) is 121 Å².